The molecule has 8 heteroatoms. The number of aromatic nitrogens is 1. The summed E-state index contributed by atoms with van der Waals surface area (Å²) < 4.78 is 15.7. The normalized spacial score (nSPS) is 10.9. The quantitative estimate of drug-likeness (QED) is 0.438. The molecular weight excluding hydrogens is 412 g/mol. The monoisotopic (exact) mass is 442 g/mol. The molecule has 2 aromatic rings. The summed E-state index contributed by atoms with van der Waals surface area (Å²) in [4.78, 5) is 40.7. The van der Waals surface area contributed by atoms with Crippen molar-refractivity contribution in [3.63, 3.8) is 0 Å². The minimum atomic E-state index is -0.596. The Morgan fingerprint density at radius 1 is 0.938 bits per heavy atom. The van der Waals surface area contributed by atoms with Crippen molar-refractivity contribution in [2.45, 2.75) is 52.1 Å². The number of nitrogens with one attached hydrogen (secondary N) is 1. The molecule has 0 aliphatic heterocycles. The number of ether oxygens (including phenoxy) is 3. The average Bonchev–Trinajstić information content (AvgIpc) is 2.74. The number of ketones is 1. The Balaban J connectivity index is 1.91. The van der Waals surface area contributed by atoms with Crippen molar-refractivity contribution in [3.05, 3.63) is 47.7 Å². The van der Waals surface area contributed by atoms with Gasteiger partial charge in [0.25, 0.3) is 0 Å². The Labute approximate surface area is 188 Å². The van der Waals surface area contributed by atoms with Crippen molar-refractivity contribution in [3.8, 4) is 11.5 Å². The van der Waals surface area contributed by atoms with Crippen LogP contribution in [0.2, 0.25) is 0 Å². The molecule has 0 radical (unpaired) electrons. The molecule has 0 unspecified atom stereocenters. The van der Waals surface area contributed by atoms with Crippen molar-refractivity contribution >= 4 is 23.5 Å². The van der Waals surface area contributed by atoms with Crippen molar-refractivity contribution in [1.29, 1.82) is 0 Å². The molecular formula is C24H30N2O6. The largest absolute Gasteiger partial charge is 0.493 e. The summed E-state index contributed by atoms with van der Waals surface area (Å²) in [5.41, 5.74) is 0.596. The molecule has 8 nitrogen and oxygen atoms in total. The predicted molar refractivity (Wildman–Crippen MR) is 120 cm³/mol. The second kappa shape index (κ2) is 11.3. The van der Waals surface area contributed by atoms with Crippen LogP contribution in [0.4, 0.5) is 5.82 Å². The molecule has 0 spiro atoms. The van der Waals surface area contributed by atoms with Crippen molar-refractivity contribution in [2.75, 3.05) is 19.5 Å². The maximum Gasteiger partial charge on any atom is 0.306 e. The zero-order chi connectivity index (χ0) is 23.7. The van der Waals surface area contributed by atoms with E-state index in [9.17, 15) is 14.4 Å². The van der Waals surface area contributed by atoms with Gasteiger partial charge in [-0.05, 0) is 57.0 Å². The molecule has 1 heterocycles. The van der Waals surface area contributed by atoms with E-state index in [1.807, 2.05) is 12.1 Å². The zero-order valence-electron chi connectivity index (χ0n) is 19.2. The van der Waals surface area contributed by atoms with E-state index >= 15 is 0 Å². The van der Waals surface area contributed by atoms with E-state index in [1.165, 1.54) is 0 Å². The van der Waals surface area contributed by atoms with Crippen molar-refractivity contribution in [2.24, 2.45) is 0 Å². The summed E-state index contributed by atoms with van der Waals surface area (Å²) in [5, 5.41) is 2.62. The fourth-order valence-corrected chi connectivity index (χ4v) is 2.90. The van der Waals surface area contributed by atoms with Crippen LogP contribution in [0.25, 0.3) is 0 Å². The van der Waals surface area contributed by atoms with Crippen LogP contribution in [0, 0.1) is 0 Å². The highest BCUT2D eigenvalue weighted by atomic mass is 16.6. The number of esters is 1. The fraction of sp³-hybridized carbons (Fsp3) is 0.417. The van der Waals surface area contributed by atoms with Crippen LogP contribution in [0.3, 0.4) is 0 Å². The Kier molecular flexibility index (Phi) is 8.75. The number of aryl methyl sites for hydroxylation is 1. The van der Waals surface area contributed by atoms with E-state index in [4.69, 9.17) is 14.2 Å². The number of hydrogen-bond acceptors (Lipinski definition) is 7. The third-order valence-electron chi connectivity index (χ3n) is 4.37. The van der Waals surface area contributed by atoms with E-state index in [2.05, 4.69) is 10.3 Å². The summed E-state index contributed by atoms with van der Waals surface area (Å²) in [6.45, 7) is 5.30. The van der Waals surface area contributed by atoms with E-state index in [0.717, 1.165) is 5.56 Å². The van der Waals surface area contributed by atoms with Crippen LogP contribution in [0.15, 0.2) is 36.4 Å². The van der Waals surface area contributed by atoms with Gasteiger partial charge in [0.2, 0.25) is 5.91 Å². The lowest BCUT2D eigenvalue weighted by molar-refractivity contribution is -0.155. The van der Waals surface area contributed by atoms with Gasteiger partial charge >= 0.3 is 5.97 Å². The van der Waals surface area contributed by atoms with Gasteiger partial charge in [-0.3, -0.25) is 14.4 Å². The topological polar surface area (TPSA) is 104 Å². The molecule has 32 heavy (non-hydrogen) atoms. The predicted octanol–water partition coefficient (Wildman–Crippen LogP) is 3.97. The highest BCUT2D eigenvalue weighted by Gasteiger charge is 2.17. The number of pyridine rings is 1. The van der Waals surface area contributed by atoms with Crippen LogP contribution in [-0.2, 0) is 20.7 Å². The Hall–Kier alpha value is -3.42. The lowest BCUT2D eigenvalue weighted by atomic mass is 10.1. The first-order valence-electron chi connectivity index (χ1n) is 10.3. The number of hydrogen-bond donors (Lipinski definition) is 1. The van der Waals surface area contributed by atoms with Gasteiger partial charge in [0.1, 0.15) is 17.1 Å². The number of carbonyl (C=O) groups is 3. The number of benzene rings is 1. The van der Waals surface area contributed by atoms with Gasteiger partial charge in [-0.25, -0.2) is 4.98 Å². The van der Waals surface area contributed by atoms with Crippen molar-refractivity contribution < 1.29 is 28.6 Å². The van der Waals surface area contributed by atoms with Crippen LogP contribution < -0.4 is 14.8 Å². The van der Waals surface area contributed by atoms with Crippen LogP contribution in [-0.4, -0.2) is 42.5 Å². The van der Waals surface area contributed by atoms with Gasteiger partial charge in [0, 0.05) is 12.8 Å². The molecule has 1 N–H and O–H groups in total. The van der Waals surface area contributed by atoms with Gasteiger partial charge in [-0.1, -0.05) is 12.1 Å². The summed E-state index contributed by atoms with van der Waals surface area (Å²) in [6, 6.07) is 10.4. The molecule has 2 rings (SSSR count). The van der Waals surface area contributed by atoms with Crippen LogP contribution in [0.1, 0.15) is 56.1 Å². The molecule has 1 aromatic carbocycles. The molecule has 0 aliphatic rings. The SMILES string of the molecule is COc1ccc(CCC(=O)c2cccc(NC(=O)CCC(=O)OC(C)(C)C)n2)cc1OC. The molecule has 1 amide bonds. The summed E-state index contributed by atoms with van der Waals surface area (Å²) in [5.74, 6) is 0.518. The first-order chi connectivity index (χ1) is 15.1. The van der Waals surface area contributed by atoms with E-state index < -0.39 is 11.6 Å². The van der Waals surface area contributed by atoms with Gasteiger partial charge in [-0.2, -0.15) is 0 Å². The minimum Gasteiger partial charge on any atom is -0.493 e. The Morgan fingerprint density at radius 2 is 1.66 bits per heavy atom. The molecule has 1 aromatic heterocycles. The minimum absolute atomic E-state index is 0.0337. The molecule has 172 valence electrons. The summed E-state index contributed by atoms with van der Waals surface area (Å²) in [6.07, 6.45) is 0.687. The number of Topliss-reactive ketones (excluding diaryl/α,β-unsaturated/α-hetero) is 1. The third-order valence-corrected chi connectivity index (χ3v) is 4.37. The van der Waals surface area contributed by atoms with E-state index in [1.54, 1.807) is 59.3 Å². The summed E-state index contributed by atoms with van der Waals surface area (Å²) in [7, 11) is 3.13. The lowest BCUT2D eigenvalue weighted by Crippen LogP contribution is -2.24. The molecule has 0 bridgehead atoms. The molecule has 0 atom stereocenters. The Morgan fingerprint density at radius 3 is 2.31 bits per heavy atom. The maximum atomic E-state index is 12.6. The molecule has 0 saturated carbocycles. The zero-order valence-corrected chi connectivity index (χ0v) is 19.2. The lowest BCUT2D eigenvalue weighted by Gasteiger charge is -2.19. The number of anilines is 1. The molecule has 0 aliphatic carbocycles. The Bertz CT molecular complexity index is 965. The van der Waals surface area contributed by atoms with Gasteiger partial charge in [-0.15, -0.1) is 0 Å². The standard InChI is InChI=1S/C24H30N2O6/c1-24(2,3)32-23(29)14-13-22(28)26-21-8-6-7-17(25-21)18(27)11-9-16-10-12-19(30-4)20(15-16)31-5/h6-8,10,12,15H,9,11,13-14H2,1-5H3,(H,25,26,28). The number of rotatable bonds is 10. The smallest absolute Gasteiger partial charge is 0.306 e. The van der Waals surface area contributed by atoms with Gasteiger partial charge in [0.15, 0.2) is 17.3 Å². The first-order valence-corrected chi connectivity index (χ1v) is 10.3. The second-order valence-corrected chi connectivity index (χ2v) is 8.16. The van der Waals surface area contributed by atoms with Gasteiger partial charge in [0.05, 0.1) is 20.6 Å². The molecule has 0 saturated heterocycles. The van der Waals surface area contributed by atoms with Crippen LogP contribution in [0.5, 0.6) is 11.5 Å². The van der Waals surface area contributed by atoms with Gasteiger partial charge < -0.3 is 19.5 Å². The summed E-state index contributed by atoms with van der Waals surface area (Å²) >= 11 is 0. The number of amides is 1. The van der Waals surface area contributed by atoms with Crippen molar-refractivity contribution in [1.82, 2.24) is 4.98 Å². The highest BCUT2D eigenvalue weighted by Crippen LogP contribution is 2.28. The van der Waals surface area contributed by atoms with Crippen LogP contribution >= 0.6 is 0 Å². The molecule has 0 fully saturated rings. The fourth-order valence-electron chi connectivity index (χ4n) is 2.90. The maximum absolute atomic E-state index is 12.6. The number of nitrogens with zero attached hydrogens (tertiary/aromatic N) is 1. The first kappa shape index (κ1) is 24.8. The van der Waals surface area contributed by atoms with E-state index in [-0.39, 0.29) is 42.5 Å². The number of methoxy groups -OCH3 is 2. The third kappa shape index (κ3) is 8.02. The van der Waals surface area contributed by atoms with E-state index in [0.29, 0.717) is 17.9 Å². The average molecular weight is 443 g/mol. The highest BCUT2D eigenvalue weighted by molar-refractivity contribution is 5.96. The number of carbonyl (C=O) groups excluding carboxylic acids is 3. The second-order valence-electron chi connectivity index (χ2n) is 8.16.